The van der Waals surface area contributed by atoms with Crippen LogP contribution >= 0.6 is 11.6 Å². The van der Waals surface area contributed by atoms with Crippen molar-refractivity contribution in [2.75, 3.05) is 41.3 Å². The van der Waals surface area contributed by atoms with E-state index in [-0.39, 0.29) is 24.0 Å². The van der Waals surface area contributed by atoms with Gasteiger partial charge in [-0.15, -0.1) is 0 Å². The number of urea groups is 1. The number of nitrogens with zero attached hydrogens (tertiary/aromatic N) is 6. The van der Waals surface area contributed by atoms with Crippen LogP contribution in [-0.4, -0.2) is 65.4 Å². The Labute approximate surface area is 204 Å². The Kier molecular flexibility index (Phi) is 7.17. The molecule has 0 spiro atoms. The summed E-state index contributed by atoms with van der Waals surface area (Å²) in [6, 6.07) is 7.34. The molecular weight excluding hydrogens is 454 g/mol. The second kappa shape index (κ2) is 10.3. The molecule has 1 aromatic heterocycles. The van der Waals surface area contributed by atoms with Gasteiger partial charge in [-0.2, -0.15) is 5.26 Å². The number of anilines is 3. The maximum Gasteiger partial charge on any atom is 0.322 e. The quantitative estimate of drug-likeness (QED) is 0.665. The number of hydrogen-bond donors (Lipinski definition) is 1. The van der Waals surface area contributed by atoms with Gasteiger partial charge in [-0.3, -0.25) is 0 Å². The molecule has 0 radical (unpaired) electrons. The molecule has 2 aliphatic rings. The number of piperazine rings is 1. The summed E-state index contributed by atoms with van der Waals surface area (Å²) in [5.41, 5.74) is 1.92. The normalized spacial score (nSPS) is 21.2. The van der Waals surface area contributed by atoms with E-state index in [0.717, 1.165) is 37.9 Å². The molecule has 4 rings (SSSR count). The first kappa shape index (κ1) is 23.8. The standard InChI is InChI=1S/C24H28ClN7O2/c1-16-14-32(17(2)13-31(16)21-4-3-19(10-26)22(25)9-21)24(34)29-20-11-27-23(28-12-20)30-7-5-18(15-33)6-8-30/h3-4,9,11-12,15-18H,5-8,13-14H2,1-2H3,(H,29,34)/t16-,17+/m1/s1. The number of amides is 2. The highest BCUT2D eigenvalue weighted by Gasteiger charge is 2.32. The van der Waals surface area contributed by atoms with Gasteiger partial charge in [0.2, 0.25) is 5.95 Å². The molecule has 3 heterocycles. The summed E-state index contributed by atoms with van der Waals surface area (Å²) in [4.78, 5) is 38.8. The van der Waals surface area contributed by atoms with Crippen molar-refractivity contribution in [1.82, 2.24) is 14.9 Å². The average molecular weight is 482 g/mol. The van der Waals surface area contributed by atoms with E-state index in [0.29, 0.717) is 35.3 Å². The molecule has 2 fully saturated rings. The van der Waals surface area contributed by atoms with Crippen molar-refractivity contribution in [2.45, 2.75) is 38.8 Å². The Morgan fingerprint density at radius 1 is 1.18 bits per heavy atom. The minimum Gasteiger partial charge on any atom is -0.365 e. The number of nitriles is 1. The maximum absolute atomic E-state index is 13.0. The van der Waals surface area contributed by atoms with E-state index in [9.17, 15) is 9.59 Å². The number of piperidine rings is 1. The van der Waals surface area contributed by atoms with Crippen LogP contribution in [0.1, 0.15) is 32.3 Å². The van der Waals surface area contributed by atoms with Crippen molar-refractivity contribution in [3.63, 3.8) is 0 Å². The zero-order valence-corrected chi connectivity index (χ0v) is 20.1. The third-order valence-electron chi connectivity index (χ3n) is 6.56. The van der Waals surface area contributed by atoms with Gasteiger partial charge in [0.05, 0.1) is 28.7 Å². The van der Waals surface area contributed by atoms with Crippen LogP contribution in [0.2, 0.25) is 5.02 Å². The summed E-state index contributed by atoms with van der Waals surface area (Å²) < 4.78 is 0. The minimum atomic E-state index is -0.194. The summed E-state index contributed by atoms with van der Waals surface area (Å²) in [6.45, 7) is 6.74. The van der Waals surface area contributed by atoms with Crippen molar-refractivity contribution in [2.24, 2.45) is 5.92 Å². The molecule has 2 aromatic rings. The highest BCUT2D eigenvalue weighted by molar-refractivity contribution is 6.32. The average Bonchev–Trinajstić information content (AvgIpc) is 2.85. The van der Waals surface area contributed by atoms with Gasteiger partial charge in [0.25, 0.3) is 0 Å². The number of nitrogens with one attached hydrogen (secondary N) is 1. The smallest absolute Gasteiger partial charge is 0.322 e. The molecular formula is C24H28ClN7O2. The second-order valence-corrected chi connectivity index (χ2v) is 9.35. The number of rotatable bonds is 4. The molecule has 1 N–H and O–H groups in total. The molecule has 0 aliphatic carbocycles. The van der Waals surface area contributed by atoms with Gasteiger partial charge in [0.15, 0.2) is 0 Å². The summed E-state index contributed by atoms with van der Waals surface area (Å²) in [5.74, 6) is 0.729. The van der Waals surface area contributed by atoms with E-state index in [1.165, 1.54) is 0 Å². The summed E-state index contributed by atoms with van der Waals surface area (Å²) >= 11 is 6.22. The summed E-state index contributed by atoms with van der Waals surface area (Å²) in [7, 11) is 0. The molecule has 1 aromatic carbocycles. The molecule has 34 heavy (non-hydrogen) atoms. The van der Waals surface area contributed by atoms with Gasteiger partial charge >= 0.3 is 6.03 Å². The van der Waals surface area contributed by atoms with Crippen LogP contribution in [0.5, 0.6) is 0 Å². The van der Waals surface area contributed by atoms with Crippen molar-refractivity contribution >= 4 is 41.2 Å². The van der Waals surface area contributed by atoms with Gasteiger partial charge in [-0.05, 0) is 44.9 Å². The van der Waals surface area contributed by atoms with Gasteiger partial charge in [-0.1, -0.05) is 11.6 Å². The van der Waals surface area contributed by atoms with E-state index in [2.05, 4.69) is 38.1 Å². The van der Waals surface area contributed by atoms with Crippen LogP contribution in [0.15, 0.2) is 30.6 Å². The van der Waals surface area contributed by atoms with Gasteiger partial charge in [-0.25, -0.2) is 14.8 Å². The Morgan fingerprint density at radius 2 is 1.88 bits per heavy atom. The molecule has 2 aliphatic heterocycles. The number of halogens is 1. The molecule has 10 heteroatoms. The minimum absolute atomic E-state index is 0.0371. The second-order valence-electron chi connectivity index (χ2n) is 8.94. The third-order valence-corrected chi connectivity index (χ3v) is 6.87. The number of aromatic nitrogens is 2. The molecule has 0 bridgehead atoms. The van der Waals surface area contributed by atoms with Crippen molar-refractivity contribution < 1.29 is 9.59 Å². The summed E-state index contributed by atoms with van der Waals surface area (Å²) in [6.07, 6.45) is 5.88. The van der Waals surface area contributed by atoms with E-state index < -0.39 is 0 Å². The largest absolute Gasteiger partial charge is 0.365 e. The van der Waals surface area contributed by atoms with Crippen LogP contribution in [0.4, 0.5) is 22.1 Å². The molecule has 2 saturated heterocycles. The van der Waals surface area contributed by atoms with E-state index in [1.807, 2.05) is 17.9 Å². The van der Waals surface area contributed by atoms with E-state index >= 15 is 0 Å². The fourth-order valence-corrected chi connectivity index (χ4v) is 4.74. The number of carbonyl (C=O) groups is 2. The maximum atomic E-state index is 13.0. The number of hydrogen-bond acceptors (Lipinski definition) is 7. The SMILES string of the molecule is C[C@@H]1CN(C(=O)Nc2cnc(N3CCC(C=O)CC3)nc2)[C@@H](C)CN1c1ccc(C#N)c(Cl)c1. The number of aldehydes is 1. The lowest BCUT2D eigenvalue weighted by Crippen LogP contribution is -2.59. The molecule has 9 nitrogen and oxygen atoms in total. The molecule has 2 atom stereocenters. The number of carbonyl (C=O) groups excluding carboxylic acids is 2. The van der Waals surface area contributed by atoms with Crippen LogP contribution < -0.4 is 15.1 Å². The van der Waals surface area contributed by atoms with Crippen LogP contribution in [0, 0.1) is 17.2 Å². The van der Waals surface area contributed by atoms with E-state index in [1.54, 1.807) is 24.5 Å². The topological polar surface area (TPSA) is 105 Å². The Morgan fingerprint density at radius 3 is 2.50 bits per heavy atom. The summed E-state index contributed by atoms with van der Waals surface area (Å²) in [5, 5.41) is 12.4. The van der Waals surface area contributed by atoms with Crippen LogP contribution in [0.25, 0.3) is 0 Å². The van der Waals surface area contributed by atoms with Crippen molar-refractivity contribution in [3.8, 4) is 6.07 Å². The molecule has 178 valence electrons. The zero-order valence-electron chi connectivity index (χ0n) is 19.3. The molecule has 0 unspecified atom stereocenters. The van der Waals surface area contributed by atoms with Crippen LogP contribution in [0.3, 0.4) is 0 Å². The fraction of sp³-hybridized carbons (Fsp3) is 0.458. The number of benzene rings is 1. The lowest BCUT2D eigenvalue weighted by molar-refractivity contribution is -0.111. The highest BCUT2D eigenvalue weighted by atomic mass is 35.5. The predicted molar refractivity (Wildman–Crippen MR) is 131 cm³/mol. The van der Waals surface area contributed by atoms with Gasteiger partial charge < -0.3 is 24.8 Å². The fourth-order valence-electron chi connectivity index (χ4n) is 4.52. The van der Waals surface area contributed by atoms with Gasteiger partial charge in [0.1, 0.15) is 12.4 Å². The van der Waals surface area contributed by atoms with Gasteiger partial charge in [0, 0.05) is 49.9 Å². The first-order chi connectivity index (χ1) is 16.4. The highest BCUT2D eigenvalue weighted by Crippen LogP contribution is 2.28. The molecule has 0 saturated carbocycles. The lowest BCUT2D eigenvalue weighted by atomic mass is 9.99. The monoisotopic (exact) mass is 481 g/mol. The lowest BCUT2D eigenvalue weighted by Gasteiger charge is -2.45. The Bertz CT molecular complexity index is 1080. The third kappa shape index (κ3) is 5.07. The van der Waals surface area contributed by atoms with Crippen molar-refractivity contribution in [3.05, 3.63) is 41.2 Å². The predicted octanol–water partition coefficient (Wildman–Crippen LogP) is 3.55. The first-order valence-corrected chi connectivity index (χ1v) is 11.8. The van der Waals surface area contributed by atoms with Crippen molar-refractivity contribution in [1.29, 1.82) is 5.26 Å². The first-order valence-electron chi connectivity index (χ1n) is 11.5. The van der Waals surface area contributed by atoms with Crippen LogP contribution in [-0.2, 0) is 4.79 Å². The Balaban J connectivity index is 1.36. The van der Waals surface area contributed by atoms with E-state index in [4.69, 9.17) is 16.9 Å². The molecule has 2 amide bonds. The zero-order chi connectivity index (χ0) is 24.2. The Hall–Kier alpha value is -3.38.